The van der Waals surface area contributed by atoms with E-state index in [4.69, 9.17) is 0 Å². The van der Waals surface area contributed by atoms with Gasteiger partial charge < -0.3 is 9.90 Å². The Morgan fingerprint density at radius 2 is 1.76 bits per heavy atom. The molecule has 1 aromatic heterocycles. The average Bonchev–Trinajstić information content (AvgIpc) is 2.99. The second-order valence-corrected chi connectivity index (χ2v) is 6.68. The van der Waals surface area contributed by atoms with Crippen LogP contribution in [0.25, 0.3) is 0 Å². The summed E-state index contributed by atoms with van der Waals surface area (Å²) in [6, 6.07) is 7.01. The van der Waals surface area contributed by atoms with Crippen LogP contribution in [0.15, 0.2) is 36.7 Å². The molecule has 0 N–H and O–H groups in total. The standard InChI is InChI=1S/C21H30N2O2/c1-3-5-7-8-9-20-22(14-6-4-2)15-16-23(20)17-18-10-12-19(13-11-18)21(24)25/h10-13,15-16H,3-9,14,17H2,1-2H3. The number of aromatic carboxylic acids is 1. The van der Waals surface area contributed by atoms with E-state index in [9.17, 15) is 9.90 Å². The van der Waals surface area contributed by atoms with Crippen molar-refractivity contribution in [2.24, 2.45) is 0 Å². The summed E-state index contributed by atoms with van der Waals surface area (Å²) in [7, 11) is 0. The number of carboxylic acid groups (broad SMARTS) is 1. The zero-order valence-corrected chi connectivity index (χ0v) is 15.5. The topological polar surface area (TPSA) is 48.9 Å². The Hall–Kier alpha value is -2.10. The molecule has 0 saturated heterocycles. The molecule has 1 aromatic carbocycles. The van der Waals surface area contributed by atoms with Gasteiger partial charge in [0.25, 0.3) is 5.82 Å². The van der Waals surface area contributed by atoms with E-state index in [-0.39, 0.29) is 5.56 Å². The Balaban J connectivity index is 2.11. The van der Waals surface area contributed by atoms with Crippen LogP contribution < -0.4 is 9.67 Å². The molecule has 0 aliphatic rings. The van der Waals surface area contributed by atoms with Crippen molar-refractivity contribution in [3.05, 3.63) is 53.6 Å². The molecule has 0 unspecified atom stereocenters. The number of carbonyl (C=O) groups excluding carboxylic acids is 1. The van der Waals surface area contributed by atoms with E-state index in [1.165, 1.54) is 44.3 Å². The largest absolute Gasteiger partial charge is 0.545 e. The first-order valence-electron chi connectivity index (χ1n) is 9.53. The molecule has 0 fully saturated rings. The first kappa shape index (κ1) is 19.2. The lowest BCUT2D eigenvalue weighted by molar-refractivity contribution is -0.695. The Morgan fingerprint density at radius 1 is 1.04 bits per heavy atom. The Kier molecular flexibility index (Phi) is 7.71. The van der Waals surface area contributed by atoms with Crippen molar-refractivity contribution in [3.8, 4) is 0 Å². The number of nitrogens with zero attached hydrogens (tertiary/aromatic N) is 2. The van der Waals surface area contributed by atoms with E-state index in [1.54, 1.807) is 12.1 Å². The van der Waals surface area contributed by atoms with E-state index >= 15 is 0 Å². The van der Waals surface area contributed by atoms with Crippen molar-refractivity contribution in [1.29, 1.82) is 0 Å². The number of carbonyl (C=O) groups is 1. The normalized spacial score (nSPS) is 11.0. The highest BCUT2D eigenvalue weighted by molar-refractivity contribution is 5.85. The minimum Gasteiger partial charge on any atom is -0.545 e. The molecule has 0 bridgehead atoms. The fraction of sp³-hybridized carbons (Fsp3) is 0.524. The van der Waals surface area contributed by atoms with Crippen molar-refractivity contribution in [1.82, 2.24) is 4.57 Å². The Bertz CT molecular complexity index is 659. The summed E-state index contributed by atoms with van der Waals surface area (Å²) in [4.78, 5) is 10.9. The van der Waals surface area contributed by atoms with E-state index in [1.807, 2.05) is 12.1 Å². The minimum atomic E-state index is -1.12. The molecule has 0 amide bonds. The monoisotopic (exact) mass is 342 g/mol. The highest BCUT2D eigenvalue weighted by Crippen LogP contribution is 2.09. The van der Waals surface area contributed by atoms with Crippen molar-refractivity contribution in [3.63, 3.8) is 0 Å². The van der Waals surface area contributed by atoms with E-state index in [0.29, 0.717) is 0 Å². The third-order valence-electron chi connectivity index (χ3n) is 4.64. The summed E-state index contributed by atoms with van der Waals surface area (Å²) in [5, 5.41) is 10.9. The molecule has 0 atom stereocenters. The maximum Gasteiger partial charge on any atom is 0.256 e. The van der Waals surface area contributed by atoms with Crippen molar-refractivity contribution >= 4 is 5.97 Å². The number of imidazole rings is 1. The first-order valence-corrected chi connectivity index (χ1v) is 9.53. The number of hydrogen-bond donors (Lipinski definition) is 0. The number of rotatable bonds is 11. The molecule has 4 nitrogen and oxygen atoms in total. The van der Waals surface area contributed by atoms with Crippen molar-refractivity contribution < 1.29 is 14.5 Å². The third-order valence-corrected chi connectivity index (χ3v) is 4.64. The number of aryl methyl sites for hydroxylation is 1. The maximum atomic E-state index is 10.9. The second kappa shape index (κ2) is 10.0. The van der Waals surface area contributed by atoms with E-state index in [0.717, 1.165) is 25.1 Å². The van der Waals surface area contributed by atoms with Gasteiger partial charge in [-0.05, 0) is 24.0 Å². The Labute approximate surface area is 151 Å². The van der Waals surface area contributed by atoms with Crippen molar-refractivity contribution in [2.75, 3.05) is 0 Å². The molecule has 2 aromatic rings. The zero-order valence-electron chi connectivity index (χ0n) is 15.5. The number of hydrogen-bond acceptors (Lipinski definition) is 2. The predicted molar refractivity (Wildman–Crippen MR) is 97.3 cm³/mol. The highest BCUT2D eigenvalue weighted by atomic mass is 16.4. The lowest BCUT2D eigenvalue weighted by atomic mass is 10.1. The molecule has 0 spiro atoms. The van der Waals surface area contributed by atoms with Gasteiger partial charge in [-0.1, -0.05) is 63.8 Å². The van der Waals surface area contributed by atoms with Gasteiger partial charge in [0.05, 0.1) is 12.5 Å². The van der Waals surface area contributed by atoms with Crippen LogP contribution in [0.1, 0.15) is 74.1 Å². The summed E-state index contributed by atoms with van der Waals surface area (Å²) < 4.78 is 4.68. The molecule has 0 radical (unpaired) electrons. The molecular formula is C21H30N2O2. The molecule has 0 aliphatic heterocycles. The highest BCUT2D eigenvalue weighted by Gasteiger charge is 2.16. The van der Waals surface area contributed by atoms with Crippen LogP contribution in [0.5, 0.6) is 0 Å². The number of benzene rings is 1. The molecule has 0 saturated carbocycles. The summed E-state index contributed by atoms with van der Waals surface area (Å²) in [6.45, 7) is 6.30. The predicted octanol–water partition coefficient (Wildman–Crippen LogP) is 3.11. The Morgan fingerprint density at radius 3 is 2.40 bits per heavy atom. The van der Waals surface area contributed by atoms with Crippen LogP contribution in [0, 0.1) is 0 Å². The van der Waals surface area contributed by atoms with Gasteiger partial charge in [-0.25, -0.2) is 9.13 Å². The molecule has 1 heterocycles. The number of aromatic nitrogens is 2. The average molecular weight is 342 g/mol. The summed E-state index contributed by atoms with van der Waals surface area (Å²) in [5.74, 6) is 0.245. The number of carboxylic acids is 1. The SMILES string of the molecule is CCCCCCc1n(CCCC)cc[n+]1Cc1ccc(C(=O)[O-])cc1. The second-order valence-electron chi connectivity index (χ2n) is 6.68. The van der Waals surface area contributed by atoms with Gasteiger partial charge in [-0.15, -0.1) is 0 Å². The molecule has 0 aliphatic carbocycles. The summed E-state index contributed by atoms with van der Waals surface area (Å²) in [5.41, 5.74) is 1.34. The molecule has 136 valence electrons. The van der Waals surface area contributed by atoms with Crippen LogP contribution in [-0.4, -0.2) is 10.5 Å². The van der Waals surface area contributed by atoms with Gasteiger partial charge in [0.2, 0.25) is 0 Å². The van der Waals surface area contributed by atoms with Gasteiger partial charge in [0, 0.05) is 6.42 Å². The molecule has 4 heteroatoms. The molecule has 25 heavy (non-hydrogen) atoms. The quantitative estimate of drug-likeness (QED) is 0.465. The maximum absolute atomic E-state index is 10.9. The first-order chi connectivity index (χ1) is 12.2. The van der Waals surface area contributed by atoms with Gasteiger partial charge in [-0.3, -0.25) is 0 Å². The van der Waals surface area contributed by atoms with Crippen LogP contribution in [0.2, 0.25) is 0 Å². The van der Waals surface area contributed by atoms with E-state index < -0.39 is 5.97 Å². The minimum absolute atomic E-state index is 0.231. The lowest BCUT2D eigenvalue weighted by Gasteiger charge is -2.07. The molecular weight excluding hydrogens is 312 g/mol. The molecule has 2 rings (SSSR count). The smallest absolute Gasteiger partial charge is 0.256 e. The van der Waals surface area contributed by atoms with E-state index in [2.05, 4.69) is 35.4 Å². The fourth-order valence-corrected chi connectivity index (χ4v) is 3.11. The van der Waals surface area contributed by atoms with Crippen LogP contribution in [0.4, 0.5) is 0 Å². The van der Waals surface area contributed by atoms with Gasteiger partial charge in [0.1, 0.15) is 18.9 Å². The zero-order chi connectivity index (χ0) is 18.1. The third kappa shape index (κ3) is 5.73. The van der Waals surface area contributed by atoms with Crippen LogP contribution in [-0.2, 0) is 19.5 Å². The number of unbranched alkanes of at least 4 members (excludes halogenated alkanes) is 4. The van der Waals surface area contributed by atoms with Gasteiger partial charge in [-0.2, -0.15) is 0 Å². The van der Waals surface area contributed by atoms with Gasteiger partial charge in [0.15, 0.2) is 0 Å². The van der Waals surface area contributed by atoms with Crippen LogP contribution >= 0.6 is 0 Å². The van der Waals surface area contributed by atoms with Gasteiger partial charge >= 0.3 is 0 Å². The van der Waals surface area contributed by atoms with Crippen LogP contribution in [0.3, 0.4) is 0 Å². The lowest BCUT2D eigenvalue weighted by Crippen LogP contribution is -2.38. The fourth-order valence-electron chi connectivity index (χ4n) is 3.11. The van der Waals surface area contributed by atoms with Crippen molar-refractivity contribution in [2.45, 2.75) is 71.9 Å². The summed E-state index contributed by atoms with van der Waals surface area (Å²) in [6.07, 6.45) is 12.8. The summed E-state index contributed by atoms with van der Waals surface area (Å²) >= 11 is 0.